The van der Waals surface area contributed by atoms with E-state index in [1.54, 1.807) is 0 Å². The highest BCUT2D eigenvalue weighted by Crippen LogP contribution is 2.14. The molecule has 0 atom stereocenters. The van der Waals surface area contributed by atoms with E-state index in [1.807, 2.05) is 24.3 Å². The summed E-state index contributed by atoms with van der Waals surface area (Å²) in [5, 5.41) is 0.800. The molecule has 1 nitrogen and oxygen atoms in total. The minimum absolute atomic E-state index is 0.750. The molecule has 0 unspecified atom stereocenters. The van der Waals surface area contributed by atoms with Gasteiger partial charge in [-0.1, -0.05) is 29.8 Å². The Balaban J connectivity index is 2.81. The van der Waals surface area contributed by atoms with Crippen molar-refractivity contribution in [1.29, 1.82) is 0 Å². The Labute approximate surface area is 73.7 Å². The normalized spacial score (nSPS) is 9.80. The van der Waals surface area contributed by atoms with Crippen molar-refractivity contribution in [2.45, 2.75) is 6.54 Å². The monoisotopic (exact) mass is 219 g/mol. The summed E-state index contributed by atoms with van der Waals surface area (Å²) in [5.41, 5.74) is 1.10. The smallest absolute Gasteiger partial charge is 0.0451 e. The molecule has 0 aliphatic heterocycles. The molecule has 0 aromatic heterocycles. The minimum atomic E-state index is 0.750. The third-order valence-corrected chi connectivity index (χ3v) is 1.86. The van der Waals surface area contributed by atoms with Crippen molar-refractivity contribution in [2.24, 2.45) is 0 Å². The first-order chi connectivity index (χ1) is 4.84. The summed E-state index contributed by atoms with van der Waals surface area (Å²) in [5.74, 6) is 0. The van der Waals surface area contributed by atoms with E-state index in [0.29, 0.717) is 0 Å². The van der Waals surface area contributed by atoms with Crippen LogP contribution in [-0.4, -0.2) is 0 Å². The van der Waals surface area contributed by atoms with E-state index >= 15 is 0 Å². The molecule has 0 spiro atoms. The molecule has 0 saturated carbocycles. The lowest BCUT2D eigenvalue weighted by Crippen LogP contribution is -1.97. The van der Waals surface area contributed by atoms with Crippen LogP contribution in [0.4, 0.5) is 0 Å². The Kier molecular flexibility index (Phi) is 3.19. The second-order valence-corrected chi connectivity index (χ2v) is 2.87. The Bertz CT molecular complexity index is 215. The SMILES string of the molecule is Clc1ccccc1CNBr. The van der Waals surface area contributed by atoms with Gasteiger partial charge in [0, 0.05) is 27.7 Å². The maximum absolute atomic E-state index is 5.84. The molecule has 1 aromatic rings. The van der Waals surface area contributed by atoms with E-state index < -0.39 is 0 Å². The third-order valence-electron chi connectivity index (χ3n) is 1.22. The van der Waals surface area contributed by atoms with Gasteiger partial charge in [0.05, 0.1) is 0 Å². The summed E-state index contributed by atoms with van der Waals surface area (Å²) in [6, 6.07) is 7.74. The summed E-state index contributed by atoms with van der Waals surface area (Å²) in [7, 11) is 0. The fourth-order valence-electron chi connectivity index (χ4n) is 0.714. The lowest BCUT2D eigenvalue weighted by Gasteiger charge is -1.99. The maximum Gasteiger partial charge on any atom is 0.0451 e. The van der Waals surface area contributed by atoms with Gasteiger partial charge in [-0.2, -0.15) is 0 Å². The van der Waals surface area contributed by atoms with Crippen molar-refractivity contribution >= 4 is 27.7 Å². The van der Waals surface area contributed by atoms with Gasteiger partial charge in [0.15, 0.2) is 0 Å². The van der Waals surface area contributed by atoms with Crippen molar-refractivity contribution < 1.29 is 0 Å². The Hall–Kier alpha value is -0.0500. The van der Waals surface area contributed by atoms with Crippen molar-refractivity contribution in [3.05, 3.63) is 34.9 Å². The van der Waals surface area contributed by atoms with Gasteiger partial charge in [-0.15, -0.1) is 0 Å². The second-order valence-electron chi connectivity index (χ2n) is 1.90. The van der Waals surface area contributed by atoms with Crippen LogP contribution in [0.5, 0.6) is 0 Å². The van der Waals surface area contributed by atoms with Gasteiger partial charge in [-0.3, -0.25) is 4.34 Å². The van der Waals surface area contributed by atoms with Crippen molar-refractivity contribution in [3.63, 3.8) is 0 Å². The summed E-state index contributed by atoms with van der Waals surface area (Å²) in [6.45, 7) is 0.750. The van der Waals surface area contributed by atoms with Crippen LogP contribution in [0.2, 0.25) is 5.02 Å². The summed E-state index contributed by atoms with van der Waals surface area (Å²) < 4.78 is 2.85. The number of hydrogen-bond donors (Lipinski definition) is 1. The van der Waals surface area contributed by atoms with Gasteiger partial charge in [0.2, 0.25) is 0 Å². The minimum Gasteiger partial charge on any atom is -0.251 e. The Morgan fingerprint density at radius 3 is 2.70 bits per heavy atom. The number of rotatable bonds is 2. The zero-order chi connectivity index (χ0) is 7.40. The Morgan fingerprint density at radius 1 is 1.40 bits per heavy atom. The first-order valence-electron chi connectivity index (χ1n) is 2.91. The first kappa shape index (κ1) is 8.05. The van der Waals surface area contributed by atoms with Crippen LogP contribution in [0, 0.1) is 0 Å². The molecule has 54 valence electrons. The molecule has 1 N–H and O–H groups in total. The molecular formula is C7H7BrClN. The van der Waals surface area contributed by atoms with Crippen molar-refractivity contribution in [1.82, 2.24) is 4.34 Å². The fraction of sp³-hybridized carbons (Fsp3) is 0.143. The molecule has 0 aliphatic rings. The van der Waals surface area contributed by atoms with Crippen LogP contribution in [0.1, 0.15) is 5.56 Å². The predicted molar refractivity (Wildman–Crippen MR) is 47.2 cm³/mol. The number of nitrogens with one attached hydrogen (secondary N) is 1. The van der Waals surface area contributed by atoms with Gasteiger partial charge in [0.1, 0.15) is 0 Å². The molecule has 10 heavy (non-hydrogen) atoms. The van der Waals surface area contributed by atoms with Crippen LogP contribution >= 0.6 is 27.7 Å². The Morgan fingerprint density at radius 2 is 2.10 bits per heavy atom. The molecule has 0 bridgehead atoms. The van der Waals surface area contributed by atoms with Gasteiger partial charge < -0.3 is 0 Å². The molecule has 1 aromatic carbocycles. The summed E-state index contributed by atoms with van der Waals surface area (Å²) in [4.78, 5) is 0. The highest BCUT2D eigenvalue weighted by atomic mass is 79.9. The molecule has 0 radical (unpaired) electrons. The van der Waals surface area contributed by atoms with E-state index in [0.717, 1.165) is 17.1 Å². The van der Waals surface area contributed by atoms with E-state index in [1.165, 1.54) is 0 Å². The van der Waals surface area contributed by atoms with E-state index in [-0.39, 0.29) is 0 Å². The lowest BCUT2D eigenvalue weighted by atomic mass is 10.2. The highest BCUT2D eigenvalue weighted by molar-refractivity contribution is 9.08. The molecular weight excluding hydrogens is 213 g/mol. The van der Waals surface area contributed by atoms with E-state index in [2.05, 4.69) is 20.5 Å². The average molecular weight is 220 g/mol. The van der Waals surface area contributed by atoms with Crippen LogP contribution in [0.15, 0.2) is 24.3 Å². The van der Waals surface area contributed by atoms with Crippen molar-refractivity contribution in [3.8, 4) is 0 Å². The topological polar surface area (TPSA) is 12.0 Å². The van der Waals surface area contributed by atoms with Crippen LogP contribution in [-0.2, 0) is 6.54 Å². The van der Waals surface area contributed by atoms with Crippen LogP contribution in [0.25, 0.3) is 0 Å². The highest BCUT2D eigenvalue weighted by Gasteiger charge is 1.94. The van der Waals surface area contributed by atoms with E-state index in [9.17, 15) is 0 Å². The molecule has 0 heterocycles. The predicted octanol–water partition coefficient (Wildman–Crippen LogP) is 2.74. The number of halogens is 2. The standard InChI is InChI=1S/C7H7BrClN/c8-10-5-6-3-1-2-4-7(6)9/h1-4,10H,5H2. The largest absolute Gasteiger partial charge is 0.251 e. The molecule has 0 saturated heterocycles. The van der Waals surface area contributed by atoms with Crippen LogP contribution in [0.3, 0.4) is 0 Å². The van der Waals surface area contributed by atoms with Crippen LogP contribution < -0.4 is 4.34 Å². The maximum atomic E-state index is 5.84. The zero-order valence-electron chi connectivity index (χ0n) is 5.27. The average Bonchev–Trinajstić information content (AvgIpc) is 1.94. The summed E-state index contributed by atoms with van der Waals surface area (Å²) >= 11 is 8.95. The second kappa shape index (κ2) is 3.96. The number of hydrogen-bond acceptors (Lipinski definition) is 1. The van der Waals surface area contributed by atoms with Gasteiger partial charge in [0.25, 0.3) is 0 Å². The molecule has 0 amide bonds. The van der Waals surface area contributed by atoms with E-state index in [4.69, 9.17) is 11.6 Å². The third kappa shape index (κ3) is 1.97. The molecule has 0 fully saturated rings. The first-order valence-corrected chi connectivity index (χ1v) is 4.08. The van der Waals surface area contributed by atoms with Gasteiger partial charge >= 0.3 is 0 Å². The molecule has 3 heteroatoms. The fourth-order valence-corrected chi connectivity index (χ4v) is 1.22. The molecule has 1 rings (SSSR count). The number of benzene rings is 1. The summed E-state index contributed by atoms with van der Waals surface area (Å²) in [6.07, 6.45) is 0. The quantitative estimate of drug-likeness (QED) is 0.756. The zero-order valence-corrected chi connectivity index (χ0v) is 7.61. The van der Waals surface area contributed by atoms with Crippen molar-refractivity contribution in [2.75, 3.05) is 0 Å². The molecule has 0 aliphatic carbocycles. The van der Waals surface area contributed by atoms with Gasteiger partial charge in [-0.25, -0.2) is 0 Å². The van der Waals surface area contributed by atoms with Gasteiger partial charge in [-0.05, 0) is 11.6 Å². The lowest BCUT2D eigenvalue weighted by molar-refractivity contribution is 0.996.